The Hall–Kier alpha value is -0.860. The van der Waals surface area contributed by atoms with Gasteiger partial charge in [0.2, 0.25) is 0 Å². The van der Waals surface area contributed by atoms with Gasteiger partial charge in [-0.3, -0.25) is 0 Å². The highest BCUT2D eigenvalue weighted by Crippen LogP contribution is 2.00. The van der Waals surface area contributed by atoms with Crippen LogP contribution in [0.5, 0.6) is 0 Å². The standard InChI is InChI=1S/C10H13O2/c11-7-4-8-12-9-10-5-2-1-3-6-10/h1-6,11H,7-9H2. The molecule has 0 aliphatic rings. The topological polar surface area (TPSA) is 29.5 Å². The summed E-state index contributed by atoms with van der Waals surface area (Å²) in [6.45, 7) is 1.19. The highest BCUT2D eigenvalue weighted by atomic mass is 16.5. The Labute approximate surface area is 72.8 Å². The van der Waals surface area contributed by atoms with Crippen molar-refractivity contribution in [1.82, 2.24) is 0 Å². The van der Waals surface area contributed by atoms with Crippen molar-refractivity contribution >= 4 is 0 Å². The van der Waals surface area contributed by atoms with Crippen LogP contribution in [0.2, 0.25) is 0 Å². The van der Waals surface area contributed by atoms with E-state index in [4.69, 9.17) is 9.84 Å². The summed E-state index contributed by atoms with van der Waals surface area (Å²) >= 11 is 0. The number of ether oxygens (including phenoxy) is 1. The molecule has 0 bridgehead atoms. The lowest BCUT2D eigenvalue weighted by Crippen LogP contribution is -1.98. The van der Waals surface area contributed by atoms with Gasteiger partial charge in [-0.1, -0.05) is 30.3 Å². The van der Waals surface area contributed by atoms with E-state index in [0.717, 1.165) is 5.56 Å². The van der Waals surface area contributed by atoms with Crippen LogP contribution in [0.1, 0.15) is 5.56 Å². The third-order valence-electron chi connectivity index (χ3n) is 1.48. The van der Waals surface area contributed by atoms with Crippen LogP contribution in [0, 0.1) is 6.42 Å². The summed E-state index contributed by atoms with van der Waals surface area (Å²) in [5, 5.41) is 8.43. The lowest BCUT2D eigenvalue weighted by Gasteiger charge is -2.01. The van der Waals surface area contributed by atoms with E-state index in [-0.39, 0.29) is 6.61 Å². The lowest BCUT2D eigenvalue weighted by atomic mass is 10.2. The minimum atomic E-state index is 0.0782. The van der Waals surface area contributed by atoms with Crippen LogP contribution in [0.3, 0.4) is 0 Å². The second-order valence-electron chi connectivity index (χ2n) is 2.47. The third-order valence-corrected chi connectivity index (χ3v) is 1.48. The fourth-order valence-corrected chi connectivity index (χ4v) is 0.887. The summed E-state index contributed by atoms with van der Waals surface area (Å²) in [6, 6.07) is 9.96. The van der Waals surface area contributed by atoms with Crippen molar-refractivity contribution < 1.29 is 9.84 Å². The highest BCUT2D eigenvalue weighted by Gasteiger charge is 1.90. The first-order chi connectivity index (χ1) is 5.93. The fourth-order valence-electron chi connectivity index (χ4n) is 0.887. The first-order valence-electron chi connectivity index (χ1n) is 3.97. The molecule has 0 aliphatic heterocycles. The van der Waals surface area contributed by atoms with Gasteiger partial charge in [0.05, 0.1) is 13.2 Å². The van der Waals surface area contributed by atoms with Gasteiger partial charge < -0.3 is 9.84 Å². The van der Waals surface area contributed by atoms with Gasteiger partial charge in [0.1, 0.15) is 0 Å². The van der Waals surface area contributed by atoms with Gasteiger partial charge in [-0.05, 0) is 5.56 Å². The summed E-state index contributed by atoms with van der Waals surface area (Å²) in [5.41, 5.74) is 1.16. The molecule has 0 amide bonds. The van der Waals surface area contributed by atoms with E-state index in [1.807, 2.05) is 30.3 Å². The maximum Gasteiger partial charge on any atom is 0.0717 e. The number of aliphatic hydroxyl groups is 1. The predicted molar refractivity (Wildman–Crippen MR) is 47.5 cm³/mol. The largest absolute Gasteiger partial charge is 0.396 e. The monoisotopic (exact) mass is 165 g/mol. The van der Waals surface area contributed by atoms with Crippen molar-refractivity contribution in [3.8, 4) is 0 Å². The molecule has 0 aliphatic carbocycles. The second kappa shape index (κ2) is 5.75. The van der Waals surface area contributed by atoms with Crippen LogP contribution >= 0.6 is 0 Å². The first-order valence-corrected chi connectivity index (χ1v) is 3.97. The van der Waals surface area contributed by atoms with E-state index in [1.165, 1.54) is 0 Å². The molecule has 0 unspecified atom stereocenters. The van der Waals surface area contributed by atoms with Crippen LogP contribution in [-0.2, 0) is 11.3 Å². The molecule has 0 fully saturated rings. The molecular weight excluding hydrogens is 152 g/mol. The molecule has 1 N–H and O–H groups in total. The second-order valence-corrected chi connectivity index (χ2v) is 2.47. The van der Waals surface area contributed by atoms with Crippen LogP contribution in [0.15, 0.2) is 30.3 Å². The highest BCUT2D eigenvalue weighted by molar-refractivity contribution is 5.13. The molecule has 0 spiro atoms. The first kappa shape index (κ1) is 9.23. The molecule has 0 heterocycles. The van der Waals surface area contributed by atoms with Crippen LogP contribution in [0.25, 0.3) is 0 Å². The molecule has 1 aromatic carbocycles. The molecule has 2 heteroatoms. The summed E-state index contributed by atoms with van der Waals surface area (Å²) < 4.78 is 5.24. The Morgan fingerprint density at radius 2 is 2.00 bits per heavy atom. The number of hydrogen-bond donors (Lipinski definition) is 1. The van der Waals surface area contributed by atoms with Crippen LogP contribution in [0.4, 0.5) is 0 Å². The lowest BCUT2D eigenvalue weighted by molar-refractivity contribution is 0.131. The molecule has 65 valence electrons. The van der Waals surface area contributed by atoms with Crippen molar-refractivity contribution in [1.29, 1.82) is 0 Å². The number of rotatable bonds is 5. The quantitative estimate of drug-likeness (QED) is 0.668. The molecule has 1 radical (unpaired) electrons. The molecule has 0 atom stereocenters. The van der Waals surface area contributed by atoms with Gasteiger partial charge in [-0.2, -0.15) is 0 Å². The van der Waals surface area contributed by atoms with Crippen molar-refractivity contribution in [3.63, 3.8) is 0 Å². The van der Waals surface area contributed by atoms with E-state index in [2.05, 4.69) is 0 Å². The van der Waals surface area contributed by atoms with E-state index in [0.29, 0.717) is 13.2 Å². The van der Waals surface area contributed by atoms with Gasteiger partial charge in [0.15, 0.2) is 0 Å². The van der Waals surface area contributed by atoms with Gasteiger partial charge in [-0.25, -0.2) is 0 Å². The Morgan fingerprint density at radius 1 is 1.25 bits per heavy atom. The third kappa shape index (κ3) is 3.51. The average Bonchev–Trinajstić information content (AvgIpc) is 2.14. The zero-order valence-electron chi connectivity index (χ0n) is 6.94. The van der Waals surface area contributed by atoms with Gasteiger partial charge in [-0.15, -0.1) is 0 Å². The van der Waals surface area contributed by atoms with Crippen molar-refractivity contribution in [2.24, 2.45) is 0 Å². The zero-order valence-corrected chi connectivity index (χ0v) is 6.94. The minimum Gasteiger partial charge on any atom is -0.396 e. The van der Waals surface area contributed by atoms with E-state index >= 15 is 0 Å². The number of aliphatic hydroxyl groups excluding tert-OH is 1. The van der Waals surface area contributed by atoms with Gasteiger partial charge in [0.25, 0.3) is 0 Å². The normalized spacial score (nSPS) is 10.1. The molecule has 0 saturated heterocycles. The van der Waals surface area contributed by atoms with Gasteiger partial charge in [0, 0.05) is 13.0 Å². The Bertz CT molecular complexity index is 196. The van der Waals surface area contributed by atoms with Crippen molar-refractivity contribution in [3.05, 3.63) is 42.3 Å². The fraction of sp³-hybridized carbons (Fsp3) is 0.300. The molecule has 1 aromatic rings. The minimum absolute atomic E-state index is 0.0782. The molecule has 2 nitrogen and oxygen atoms in total. The molecule has 0 aromatic heterocycles. The predicted octanol–water partition coefficient (Wildman–Crippen LogP) is 1.40. The zero-order chi connectivity index (χ0) is 8.65. The van der Waals surface area contributed by atoms with Crippen molar-refractivity contribution in [2.75, 3.05) is 13.2 Å². The molecule has 12 heavy (non-hydrogen) atoms. The van der Waals surface area contributed by atoms with E-state index in [1.54, 1.807) is 6.42 Å². The Morgan fingerprint density at radius 3 is 2.67 bits per heavy atom. The van der Waals surface area contributed by atoms with Crippen LogP contribution in [-0.4, -0.2) is 18.3 Å². The van der Waals surface area contributed by atoms with Crippen LogP contribution < -0.4 is 0 Å². The van der Waals surface area contributed by atoms with E-state index in [9.17, 15) is 0 Å². The smallest absolute Gasteiger partial charge is 0.0717 e. The molecule has 0 saturated carbocycles. The Kier molecular flexibility index (Phi) is 4.42. The molecular formula is C10H13O2. The maximum atomic E-state index is 8.43. The average molecular weight is 165 g/mol. The van der Waals surface area contributed by atoms with E-state index < -0.39 is 0 Å². The summed E-state index contributed by atoms with van der Waals surface area (Å²) in [4.78, 5) is 0. The van der Waals surface area contributed by atoms with Crippen molar-refractivity contribution in [2.45, 2.75) is 6.61 Å². The van der Waals surface area contributed by atoms with Gasteiger partial charge >= 0.3 is 0 Å². The maximum absolute atomic E-state index is 8.43. The summed E-state index contributed by atoms with van der Waals surface area (Å²) in [6.07, 6.45) is 1.68. The Balaban J connectivity index is 2.16. The summed E-state index contributed by atoms with van der Waals surface area (Å²) in [7, 11) is 0. The summed E-state index contributed by atoms with van der Waals surface area (Å²) in [5.74, 6) is 0. The molecule has 1 rings (SSSR count). The number of benzene rings is 1. The SMILES string of the molecule is OC[CH]COCc1ccccc1. The number of hydrogen-bond acceptors (Lipinski definition) is 2.